The summed E-state index contributed by atoms with van der Waals surface area (Å²) in [5.41, 5.74) is 2.09. The molecule has 0 radical (unpaired) electrons. The van der Waals surface area contributed by atoms with E-state index in [0.29, 0.717) is 29.0 Å². The number of allylic oxidation sites excluding steroid dienone is 2. The normalized spacial score (nSPS) is 15.9. The van der Waals surface area contributed by atoms with E-state index in [2.05, 4.69) is 5.32 Å². The molecule has 1 aromatic carbocycles. The highest BCUT2D eigenvalue weighted by Gasteiger charge is 2.38. The van der Waals surface area contributed by atoms with Crippen LogP contribution in [-0.4, -0.2) is 23.1 Å². The van der Waals surface area contributed by atoms with Crippen molar-refractivity contribution < 1.29 is 19.1 Å². The minimum atomic E-state index is -0.635. The maximum atomic E-state index is 13.1. The molecule has 0 aromatic heterocycles. The van der Waals surface area contributed by atoms with Gasteiger partial charge in [-0.3, -0.25) is 0 Å². The second-order valence-corrected chi connectivity index (χ2v) is 9.45. The Balaban J connectivity index is 2.52. The molecular formula is C24H33NO4. The first kappa shape index (κ1) is 22.7. The molecule has 1 N–H and O–H groups in total. The summed E-state index contributed by atoms with van der Waals surface area (Å²) in [6, 6.07) is 9.82. The van der Waals surface area contributed by atoms with E-state index in [1.807, 2.05) is 85.7 Å². The van der Waals surface area contributed by atoms with E-state index in [0.717, 1.165) is 5.56 Å². The molecule has 0 saturated heterocycles. The van der Waals surface area contributed by atoms with E-state index in [4.69, 9.17) is 9.47 Å². The van der Waals surface area contributed by atoms with Gasteiger partial charge in [0.15, 0.2) is 0 Å². The molecule has 0 unspecified atom stereocenters. The topological polar surface area (TPSA) is 64.6 Å². The minimum absolute atomic E-state index is 0.419. The number of carbonyl (C=O) groups excluding carboxylic acids is 2. The molecule has 0 fully saturated rings. The minimum Gasteiger partial charge on any atom is -0.457 e. The van der Waals surface area contributed by atoms with Crippen LogP contribution in [0.2, 0.25) is 0 Å². The highest BCUT2D eigenvalue weighted by molar-refractivity contribution is 5.98. The molecular weight excluding hydrogens is 366 g/mol. The molecule has 158 valence electrons. The summed E-state index contributed by atoms with van der Waals surface area (Å²) in [5.74, 6) is -1.29. The summed E-state index contributed by atoms with van der Waals surface area (Å²) in [5, 5.41) is 3.19. The lowest BCUT2D eigenvalue weighted by molar-refractivity contribution is -0.151. The maximum Gasteiger partial charge on any atom is 0.336 e. The number of hydrogen-bond acceptors (Lipinski definition) is 5. The molecule has 0 spiro atoms. The number of nitrogens with one attached hydrogen (secondary N) is 1. The van der Waals surface area contributed by atoms with E-state index in [1.165, 1.54) is 0 Å². The zero-order valence-corrected chi connectivity index (χ0v) is 18.8. The Labute approximate surface area is 174 Å². The zero-order chi connectivity index (χ0) is 22.0. The van der Waals surface area contributed by atoms with Gasteiger partial charge < -0.3 is 14.8 Å². The van der Waals surface area contributed by atoms with E-state index in [1.54, 1.807) is 0 Å². The first-order valence-electron chi connectivity index (χ1n) is 9.97. The Hall–Kier alpha value is -2.56. The average Bonchev–Trinajstić information content (AvgIpc) is 2.51. The molecule has 0 saturated carbocycles. The fourth-order valence-electron chi connectivity index (χ4n) is 3.39. The second-order valence-electron chi connectivity index (χ2n) is 9.45. The second kappa shape index (κ2) is 8.44. The fourth-order valence-corrected chi connectivity index (χ4v) is 3.39. The van der Waals surface area contributed by atoms with Crippen LogP contribution in [0.25, 0.3) is 0 Å². The van der Waals surface area contributed by atoms with Gasteiger partial charge in [-0.25, -0.2) is 9.59 Å². The number of hydrogen-bond donors (Lipinski definition) is 1. The summed E-state index contributed by atoms with van der Waals surface area (Å²) in [7, 11) is 0. The Morgan fingerprint density at radius 3 is 1.62 bits per heavy atom. The molecule has 5 nitrogen and oxygen atoms in total. The van der Waals surface area contributed by atoms with Gasteiger partial charge in [0.1, 0.15) is 11.2 Å². The largest absolute Gasteiger partial charge is 0.457 e. The van der Waals surface area contributed by atoms with Crippen LogP contribution in [0, 0.1) is 5.92 Å². The van der Waals surface area contributed by atoms with Gasteiger partial charge in [0, 0.05) is 17.3 Å². The number of ether oxygens (including phenoxy) is 2. The molecule has 0 amide bonds. The molecule has 1 heterocycles. The van der Waals surface area contributed by atoms with Crippen molar-refractivity contribution in [2.75, 3.05) is 0 Å². The smallest absolute Gasteiger partial charge is 0.336 e. The maximum absolute atomic E-state index is 13.1. The lowest BCUT2D eigenvalue weighted by Gasteiger charge is -2.33. The Kier molecular flexibility index (Phi) is 6.61. The van der Waals surface area contributed by atoms with Crippen LogP contribution in [-0.2, 0) is 25.5 Å². The van der Waals surface area contributed by atoms with Crippen molar-refractivity contribution in [3.8, 4) is 0 Å². The molecule has 29 heavy (non-hydrogen) atoms. The number of dihydropyridines is 1. The van der Waals surface area contributed by atoms with Gasteiger partial charge in [-0.15, -0.1) is 0 Å². The molecule has 5 heteroatoms. The Bertz CT molecular complexity index is 786. The van der Waals surface area contributed by atoms with Gasteiger partial charge in [-0.05, 0) is 67.4 Å². The van der Waals surface area contributed by atoms with Crippen molar-refractivity contribution in [3.05, 3.63) is 58.4 Å². The van der Waals surface area contributed by atoms with Crippen molar-refractivity contribution >= 4 is 11.9 Å². The van der Waals surface area contributed by atoms with E-state index < -0.39 is 29.1 Å². The van der Waals surface area contributed by atoms with Gasteiger partial charge in [0.2, 0.25) is 0 Å². The molecule has 0 bridgehead atoms. The van der Waals surface area contributed by atoms with Crippen LogP contribution in [0.1, 0.15) is 61.0 Å². The van der Waals surface area contributed by atoms with Crippen molar-refractivity contribution in [2.24, 2.45) is 5.92 Å². The standard InChI is InChI=1S/C24H33NO4/c1-15-19(21(26)28-23(3,4)5)18(14-17-12-10-9-11-13-17)20(16(2)25-15)22(27)29-24(6,7)8/h9-13,18,25H,14H2,1-8H3. The molecule has 0 aliphatic carbocycles. The van der Waals surface area contributed by atoms with Gasteiger partial charge in [0.25, 0.3) is 0 Å². The molecule has 0 atom stereocenters. The monoisotopic (exact) mass is 399 g/mol. The van der Waals surface area contributed by atoms with Gasteiger partial charge >= 0.3 is 11.9 Å². The summed E-state index contributed by atoms with van der Waals surface area (Å²) >= 11 is 0. The molecule has 1 aromatic rings. The van der Waals surface area contributed by atoms with Crippen LogP contribution in [0.4, 0.5) is 0 Å². The Morgan fingerprint density at radius 2 is 1.24 bits per heavy atom. The first-order chi connectivity index (χ1) is 13.3. The SMILES string of the molecule is CC1=C(C(=O)OC(C)(C)C)C(Cc2ccccc2)C(C(=O)OC(C)(C)C)=C(C)N1. The molecule has 1 aliphatic heterocycles. The van der Waals surface area contributed by atoms with E-state index >= 15 is 0 Å². The first-order valence-corrected chi connectivity index (χ1v) is 9.97. The molecule has 2 rings (SSSR count). The van der Waals surface area contributed by atoms with Gasteiger partial charge in [-0.1, -0.05) is 30.3 Å². The van der Waals surface area contributed by atoms with Crippen LogP contribution >= 0.6 is 0 Å². The highest BCUT2D eigenvalue weighted by atomic mass is 16.6. The summed E-state index contributed by atoms with van der Waals surface area (Å²) in [6.07, 6.45) is 0.500. The summed E-state index contributed by atoms with van der Waals surface area (Å²) in [6.45, 7) is 14.7. The predicted octanol–water partition coefficient (Wildman–Crippen LogP) is 4.68. The summed E-state index contributed by atoms with van der Waals surface area (Å²) in [4.78, 5) is 26.2. The van der Waals surface area contributed by atoms with Crippen LogP contribution in [0.5, 0.6) is 0 Å². The molecule has 1 aliphatic rings. The summed E-state index contributed by atoms with van der Waals surface area (Å²) < 4.78 is 11.3. The third-order valence-electron chi connectivity index (χ3n) is 4.40. The zero-order valence-electron chi connectivity index (χ0n) is 18.8. The number of benzene rings is 1. The van der Waals surface area contributed by atoms with Crippen molar-refractivity contribution in [3.63, 3.8) is 0 Å². The van der Waals surface area contributed by atoms with Crippen molar-refractivity contribution in [1.29, 1.82) is 0 Å². The van der Waals surface area contributed by atoms with Crippen LogP contribution in [0.3, 0.4) is 0 Å². The number of esters is 2. The van der Waals surface area contributed by atoms with Gasteiger partial charge in [-0.2, -0.15) is 0 Å². The average molecular weight is 400 g/mol. The highest BCUT2D eigenvalue weighted by Crippen LogP contribution is 2.35. The number of rotatable bonds is 4. The fraction of sp³-hybridized carbons (Fsp3) is 0.500. The van der Waals surface area contributed by atoms with E-state index in [-0.39, 0.29) is 0 Å². The quantitative estimate of drug-likeness (QED) is 0.745. The number of carbonyl (C=O) groups is 2. The van der Waals surface area contributed by atoms with Crippen LogP contribution < -0.4 is 5.32 Å². The van der Waals surface area contributed by atoms with Gasteiger partial charge in [0.05, 0.1) is 11.1 Å². The Morgan fingerprint density at radius 1 is 0.828 bits per heavy atom. The lowest BCUT2D eigenvalue weighted by atomic mass is 9.81. The predicted molar refractivity (Wildman–Crippen MR) is 114 cm³/mol. The van der Waals surface area contributed by atoms with Crippen molar-refractivity contribution in [1.82, 2.24) is 5.32 Å². The van der Waals surface area contributed by atoms with E-state index in [9.17, 15) is 9.59 Å². The lowest BCUT2D eigenvalue weighted by Crippen LogP contribution is -2.38. The third-order valence-corrected chi connectivity index (χ3v) is 4.40. The van der Waals surface area contributed by atoms with Crippen molar-refractivity contribution in [2.45, 2.75) is 73.0 Å². The van der Waals surface area contributed by atoms with Crippen LogP contribution in [0.15, 0.2) is 52.9 Å². The third kappa shape index (κ3) is 6.21.